The van der Waals surface area contributed by atoms with Gasteiger partial charge in [-0.05, 0) is 18.6 Å². The molecule has 5 heteroatoms. The molecule has 0 aliphatic rings. The first-order chi connectivity index (χ1) is 9.38. The van der Waals surface area contributed by atoms with Gasteiger partial charge in [-0.3, -0.25) is 0 Å². The summed E-state index contributed by atoms with van der Waals surface area (Å²) in [6.07, 6.45) is 1.29. The molecule has 0 amide bonds. The van der Waals surface area contributed by atoms with Crippen molar-refractivity contribution in [2.75, 3.05) is 11.9 Å². The lowest BCUT2D eigenvalue weighted by Gasteiger charge is -2.08. The van der Waals surface area contributed by atoms with E-state index in [9.17, 15) is 0 Å². The van der Waals surface area contributed by atoms with Crippen LogP contribution in [-0.2, 0) is 6.54 Å². The number of rotatable bonds is 7. The fourth-order valence-corrected chi connectivity index (χ4v) is 2.11. The van der Waals surface area contributed by atoms with Crippen LogP contribution in [0.3, 0.4) is 0 Å². The minimum absolute atomic E-state index is 0.530. The predicted octanol–water partition coefficient (Wildman–Crippen LogP) is 3.44. The first kappa shape index (κ1) is 13.4. The molecule has 0 bridgehead atoms. The summed E-state index contributed by atoms with van der Waals surface area (Å²) in [5, 5.41) is 13.8. The average molecular weight is 273 g/mol. The minimum atomic E-state index is 0.530. The molecule has 1 N–H and O–H groups in total. The van der Waals surface area contributed by atoms with Gasteiger partial charge in [0.25, 0.3) is 0 Å². The van der Waals surface area contributed by atoms with Crippen molar-refractivity contribution in [2.24, 2.45) is 0 Å². The fourth-order valence-electron chi connectivity index (χ4n) is 1.55. The predicted molar refractivity (Wildman–Crippen MR) is 76.2 cm³/mol. The summed E-state index contributed by atoms with van der Waals surface area (Å²) < 4.78 is 5.58. The number of anilines is 1. The summed E-state index contributed by atoms with van der Waals surface area (Å²) in [6.45, 7) is 1.28. The van der Waals surface area contributed by atoms with Crippen LogP contribution in [-0.4, -0.2) is 11.6 Å². The maximum Gasteiger partial charge on any atom is 0.121 e. The van der Waals surface area contributed by atoms with Crippen LogP contribution in [0, 0.1) is 11.3 Å². The highest BCUT2D eigenvalue weighted by Gasteiger charge is 1.98. The molecule has 0 aliphatic heterocycles. The second-order valence-corrected chi connectivity index (χ2v) is 4.69. The third-order valence-electron chi connectivity index (χ3n) is 2.49. The molecule has 98 valence electrons. The Morgan fingerprint density at radius 3 is 3.16 bits per heavy atom. The molecule has 0 atom stereocenters. The molecule has 19 heavy (non-hydrogen) atoms. The summed E-state index contributed by atoms with van der Waals surface area (Å²) in [6, 6.07) is 9.92. The monoisotopic (exact) mass is 273 g/mol. The van der Waals surface area contributed by atoms with Crippen LogP contribution in [0.2, 0.25) is 0 Å². The molecule has 4 nitrogen and oxygen atoms in total. The SMILES string of the molecule is N#CCCCOc1cccc(NCc2cscn2)c1. The zero-order valence-corrected chi connectivity index (χ0v) is 11.3. The van der Waals surface area contributed by atoms with Crippen LogP contribution >= 0.6 is 11.3 Å². The molecule has 0 unspecified atom stereocenters. The molecule has 0 saturated heterocycles. The van der Waals surface area contributed by atoms with Crippen molar-refractivity contribution in [3.05, 3.63) is 40.8 Å². The van der Waals surface area contributed by atoms with E-state index in [4.69, 9.17) is 10.00 Å². The van der Waals surface area contributed by atoms with Gasteiger partial charge in [-0.1, -0.05) is 6.07 Å². The highest BCUT2D eigenvalue weighted by molar-refractivity contribution is 7.07. The normalized spacial score (nSPS) is 9.84. The third kappa shape index (κ3) is 4.60. The summed E-state index contributed by atoms with van der Waals surface area (Å²) >= 11 is 1.59. The lowest BCUT2D eigenvalue weighted by molar-refractivity contribution is 0.313. The minimum Gasteiger partial charge on any atom is -0.493 e. The van der Waals surface area contributed by atoms with E-state index < -0.39 is 0 Å². The van der Waals surface area contributed by atoms with Crippen molar-refractivity contribution < 1.29 is 4.74 Å². The molecular weight excluding hydrogens is 258 g/mol. The first-order valence-electron chi connectivity index (χ1n) is 6.09. The Hall–Kier alpha value is -2.06. The van der Waals surface area contributed by atoms with Gasteiger partial charge in [-0.2, -0.15) is 5.26 Å². The Morgan fingerprint density at radius 2 is 2.37 bits per heavy atom. The zero-order chi connectivity index (χ0) is 13.3. The van der Waals surface area contributed by atoms with E-state index in [1.807, 2.05) is 35.2 Å². The van der Waals surface area contributed by atoms with Crippen molar-refractivity contribution in [1.82, 2.24) is 4.98 Å². The van der Waals surface area contributed by atoms with Crippen LogP contribution < -0.4 is 10.1 Å². The van der Waals surface area contributed by atoms with Crippen LogP contribution in [0.5, 0.6) is 5.75 Å². The number of nitrogens with one attached hydrogen (secondary N) is 1. The standard InChI is InChI=1S/C14H15N3OS/c15-6-1-2-7-18-14-5-3-4-12(8-14)16-9-13-10-19-11-17-13/h3-5,8,10-11,16H,1-2,7,9H2. The Balaban J connectivity index is 1.83. The summed E-state index contributed by atoms with van der Waals surface area (Å²) in [4.78, 5) is 4.22. The Bertz CT molecular complexity index is 534. The Morgan fingerprint density at radius 1 is 1.42 bits per heavy atom. The number of nitrogens with zero attached hydrogens (tertiary/aromatic N) is 2. The molecule has 0 saturated carbocycles. The molecule has 0 spiro atoms. The van der Waals surface area contributed by atoms with E-state index >= 15 is 0 Å². The molecule has 1 heterocycles. The summed E-state index contributed by atoms with van der Waals surface area (Å²) in [5.74, 6) is 0.821. The van der Waals surface area contributed by atoms with E-state index in [-0.39, 0.29) is 0 Å². The third-order valence-corrected chi connectivity index (χ3v) is 3.13. The summed E-state index contributed by atoms with van der Waals surface area (Å²) in [5.41, 5.74) is 3.86. The number of hydrogen-bond acceptors (Lipinski definition) is 5. The smallest absolute Gasteiger partial charge is 0.121 e. The van der Waals surface area contributed by atoms with Crippen molar-refractivity contribution in [2.45, 2.75) is 19.4 Å². The van der Waals surface area contributed by atoms with Gasteiger partial charge in [0.2, 0.25) is 0 Å². The highest BCUT2D eigenvalue weighted by atomic mass is 32.1. The van der Waals surface area contributed by atoms with Gasteiger partial charge in [-0.15, -0.1) is 11.3 Å². The van der Waals surface area contributed by atoms with Gasteiger partial charge in [0.1, 0.15) is 5.75 Å². The maximum absolute atomic E-state index is 8.45. The fraction of sp³-hybridized carbons (Fsp3) is 0.286. The van der Waals surface area contributed by atoms with Gasteiger partial charge in [0.15, 0.2) is 0 Å². The molecule has 2 rings (SSSR count). The quantitative estimate of drug-likeness (QED) is 0.785. The van der Waals surface area contributed by atoms with E-state index in [1.54, 1.807) is 11.3 Å². The van der Waals surface area contributed by atoms with Gasteiger partial charge < -0.3 is 10.1 Å². The molecule has 1 aromatic heterocycles. The number of thiazole rings is 1. The Kier molecular flexibility index (Phi) is 5.20. The number of aromatic nitrogens is 1. The van der Waals surface area contributed by atoms with Crippen molar-refractivity contribution in [3.8, 4) is 11.8 Å². The second kappa shape index (κ2) is 7.39. The van der Waals surface area contributed by atoms with E-state index in [1.165, 1.54) is 0 Å². The average Bonchev–Trinajstić information content (AvgIpc) is 2.95. The highest BCUT2D eigenvalue weighted by Crippen LogP contribution is 2.18. The van der Waals surface area contributed by atoms with Gasteiger partial charge >= 0.3 is 0 Å². The number of benzene rings is 1. The van der Waals surface area contributed by atoms with Crippen LogP contribution in [0.25, 0.3) is 0 Å². The Labute approximate surface area is 116 Å². The topological polar surface area (TPSA) is 57.9 Å². The zero-order valence-electron chi connectivity index (χ0n) is 10.5. The molecule has 0 aliphatic carbocycles. The maximum atomic E-state index is 8.45. The molecule has 0 radical (unpaired) electrons. The molecular formula is C14H15N3OS. The number of unbranched alkanes of at least 4 members (excludes halogenated alkanes) is 1. The molecule has 0 fully saturated rings. The van der Waals surface area contributed by atoms with Gasteiger partial charge in [-0.25, -0.2) is 4.98 Å². The second-order valence-electron chi connectivity index (χ2n) is 3.97. The lowest BCUT2D eigenvalue weighted by atomic mass is 10.3. The molecule has 2 aromatic rings. The largest absolute Gasteiger partial charge is 0.493 e. The lowest BCUT2D eigenvalue weighted by Crippen LogP contribution is -2.01. The van der Waals surface area contributed by atoms with Gasteiger partial charge in [0, 0.05) is 23.6 Å². The van der Waals surface area contributed by atoms with E-state index in [2.05, 4.69) is 16.4 Å². The summed E-state index contributed by atoms with van der Waals surface area (Å²) in [7, 11) is 0. The molecule has 1 aromatic carbocycles. The number of nitriles is 1. The first-order valence-corrected chi connectivity index (χ1v) is 7.03. The van der Waals surface area contributed by atoms with Crippen molar-refractivity contribution in [1.29, 1.82) is 5.26 Å². The van der Waals surface area contributed by atoms with Crippen molar-refractivity contribution >= 4 is 17.0 Å². The van der Waals surface area contributed by atoms with Crippen LogP contribution in [0.1, 0.15) is 18.5 Å². The number of hydrogen-bond donors (Lipinski definition) is 1. The van der Waals surface area contributed by atoms with E-state index in [0.29, 0.717) is 19.6 Å². The van der Waals surface area contributed by atoms with Gasteiger partial charge in [0.05, 0.1) is 30.4 Å². The van der Waals surface area contributed by atoms with E-state index in [0.717, 1.165) is 23.6 Å². The van der Waals surface area contributed by atoms with Crippen LogP contribution in [0.4, 0.5) is 5.69 Å². The van der Waals surface area contributed by atoms with Crippen LogP contribution in [0.15, 0.2) is 35.2 Å². The van der Waals surface area contributed by atoms with Crippen molar-refractivity contribution in [3.63, 3.8) is 0 Å². The number of ether oxygens (including phenoxy) is 1.